The van der Waals surface area contributed by atoms with Gasteiger partial charge in [-0.3, -0.25) is 10.6 Å². The monoisotopic (exact) mass is 323 g/mol. The second kappa shape index (κ2) is 5.53. The summed E-state index contributed by atoms with van der Waals surface area (Å²) in [6, 6.07) is 15.2. The number of carbonyl (C=O) groups is 1. The topological polar surface area (TPSA) is 53.6 Å². The van der Waals surface area contributed by atoms with Crippen molar-refractivity contribution in [1.82, 2.24) is 5.32 Å². The molecule has 2 heterocycles. The number of rotatable bonds is 2. The summed E-state index contributed by atoms with van der Waals surface area (Å²) in [5.74, 6) is 0.573. The fourth-order valence-electron chi connectivity index (χ4n) is 3.93. The average molecular weight is 323 g/mol. The first-order valence-electron chi connectivity index (χ1n) is 8.22. The van der Waals surface area contributed by atoms with E-state index in [9.17, 15) is 4.79 Å². The lowest BCUT2D eigenvalue weighted by Gasteiger charge is -2.27. The summed E-state index contributed by atoms with van der Waals surface area (Å²) in [6.45, 7) is 3.28. The molecule has 0 aromatic heterocycles. The zero-order valence-electron chi connectivity index (χ0n) is 13.9. The van der Waals surface area contributed by atoms with Gasteiger partial charge in [-0.15, -0.1) is 0 Å². The van der Waals surface area contributed by atoms with Crippen LogP contribution in [0.25, 0.3) is 0 Å². The molecule has 5 heteroatoms. The van der Waals surface area contributed by atoms with E-state index >= 15 is 0 Å². The lowest BCUT2D eigenvalue weighted by molar-refractivity contribution is 0.215. The largest absolute Gasteiger partial charge is 0.417 e. The molecule has 2 atom stereocenters. The van der Waals surface area contributed by atoms with Crippen LogP contribution in [-0.2, 0) is 5.41 Å². The highest BCUT2D eigenvalue weighted by atomic mass is 16.6. The molecule has 0 aliphatic carbocycles. The summed E-state index contributed by atoms with van der Waals surface area (Å²) < 4.78 is 5.48. The zero-order valence-corrected chi connectivity index (χ0v) is 13.9. The average Bonchev–Trinajstić information content (AvgIpc) is 3.05. The minimum absolute atomic E-state index is 0.0549. The van der Waals surface area contributed by atoms with E-state index in [0.29, 0.717) is 11.9 Å². The van der Waals surface area contributed by atoms with Gasteiger partial charge in [-0.05, 0) is 48.9 Å². The maximum absolute atomic E-state index is 12.1. The molecule has 0 saturated carbocycles. The van der Waals surface area contributed by atoms with Gasteiger partial charge in [-0.2, -0.15) is 0 Å². The number of likely N-dealkylation sites (N-methyl/N-ethyl adjacent to an activating group) is 1. The molecule has 2 N–H and O–H groups in total. The number of hydrogen-bond donors (Lipinski definition) is 2. The molecule has 2 aliphatic rings. The van der Waals surface area contributed by atoms with E-state index in [1.54, 1.807) is 0 Å². The van der Waals surface area contributed by atoms with Crippen LogP contribution in [0, 0.1) is 0 Å². The minimum Gasteiger partial charge on any atom is -0.410 e. The molecule has 1 fully saturated rings. The minimum atomic E-state index is -0.473. The normalized spacial score (nSPS) is 24.4. The highest BCUT2D eigenvalue weighted by Gasteiger charge is 2.49. The van der Waals surface area contributed by atoms with E-state index in [2.05, 4.69) is 29.5 Å². The van der Waals surface area contributed by atoms with Crippen LogP contribution in [0.3, 0.4) is 0 Å². The van der Waals surface area contributed by atoms with Crippen molar-refractivity contribution in [3.05, 3.63) is 54.1 Å². The molecule has 24 heavy (non-hydrogen) atoms. The highest BCUT2D eigenvalue weighted by Crippen LogP contribution is 2.49. The Morgan fingerprint density at radius 3 is 2.88 bits per heavy atom. The van der Waals surface area contributed by atoms with Gasteiger partial charge in [-0.25, -0.2) is 4.79 Å². The second-order valence-electron chi connectivity index (χ2n) is 6.69. The quantitative estimate of drug-likeness (QED) is 0.890. The molecule has 0 radical (unpaired) electrons. The number of benzene rings is 2. The number of nitrogens with one attached hydrogen (secondary N) is 2. The van der Waals surface area contributed by atoms with Gasteiger partial charge in [-0.1, -0.05) is 25.1 Å². The molecule has 0 bridgehead atoms. The molecule has 2 aliphatic heterocycles. The highest BCUT2D eigenvalue weighted by molar-refractivity contribution is 5.86. The summed E-state index contributed by atoms with van der Waals surface area (Å²) in [4.78, 5) is 14.4. The second-order valence-corrected chi connectivity index (χ2v) is 6.69. The zero-order chi connectivity index (χ0) is 16.7. The van der Waals surface area contributed by atoms with Crippen LogP contribution in [0.4, 0.5) is 16.2 Å². The van der Waals surface area contributed by atoms with Crippen LogP contribution in [0.5, 0.6) is 5.75 Å². The van der Waals surface area contributed by atoms with E-state index in [1.165, 1.54) is 11.3 Å². The Labute approximate surface area is 141 Å². The first-order chi connectivity index (χ1) is 11.6. The molecule has 124 valence electrons. The van der Waals surface area contributed by atoms with Crippen LogP contribution in [0.15, 0.2) is 48.5 Å². The van der Waals surface area contributed by atoms with Crippen molar-refractivity contribution >= 4 is 17.5 Å². The van der Waals surface area contributed by atoms with Crippen LogP contribution in [-0.4, -0.2) is 25.9 Å². The van der Waals surface area contributed by atoms with Crippen molar-refractivity contribution in [1.29, 1.82) is 0 Å². The van der Waals surface area contributed by atoms with E-state index < -0.39 is 6.09 Å². The van der Waals surface area contributed by atoms with Gasteiger partial charge < -0.3 is 9.64 Å². The molecule has 4 rings (SSSR count). The fraction of sp³-hybridized carbons (Fsp3) is 0.316. The molecular formula is C19H21N3O2. The molecule has 5 nitrogen and oxygen atoms in total. The number of fused-ring (bicyclic) bond motifs is 3. The van der Waals surface area contributed by atoms with Crippen LogP contribution in [0.2, 0.25) is 0 Å². The smallest absolute Gasteiger partial charge is 0.410 e. The van der Waals surface area contributed by atoms with E-state index in [-0.39, 0.29) is 5.41 Å². The lowest BCUT2D eigenvalue weighted by Crippen LogP contribution is -2.44. The molecule has 1 unspecified atom stereocenters. The van der Waals surface area contributed by atoms with Crippen molar-refractivity contribution < 1.29 is 9.53 Å². The Morgan fingerprint density at radius 2 is 2.08 bits per heavy atom. The number of nitrogens with zero attached hydrogens (tertiary/aromatic N) is 1. The van der Waals surface area contributed by atoms with E-state index in [4.69, 9.17) is 4.74 Å². The van der Waals surface area contributed by atoms with Crippen LogP contribution in [0.1, 0.15) is 18.9 Å². The predicted molar refractivity (Wildman–Crippen MR) is 94.7 cm³/mol. The number of carbonyl (C=O) groups excluding carboxylic acids is 1. The number of anilines is 2. The van der Waals surface area contributed by atoms with Gasteiger partial charge in [0.25, 0.3) is 0 Å². The SMILES string of the molecule is CN1c2ccc(OC(=O)Nc3ccccc3)cc2[C@@]2(C)CCNC12. The standard InChI is InChI=1S/C19H21N3O2/c1-19-10-11-20-17(19)22(2)16-9-8-14(12-15(16)19)24-18(23)21-13-6-4-3-5-7-13/h3-9,12,17,20H,10-11H2,1-2H3,(H,21,23)/t17?,19-/m1/s1. The Hall–Kier alpha value is -2.53. The van der Waals surface area contributed by atoms with E-state index in [0.717, 1.165) is 18.7 Å². The van der Waals surface area contributed by atoms with Gasteiger partial charge in [0, 0.05) is 23.8 Å². The van der Waals surface area contributed by atoms with Crippen molar-refractivity contribution in [2.75, 3.05) is 23.8 Å². The van der Waals surface area contributed by atoms with Crippen molar-refractivity contribution in [3.63, 3.8) is 0 Å². The van der Waals surface area contributed by atoms with Crippen molar-refractivity contribution in [2.24, 2.45) is 0 Å². The summed E-state index contributed by atoms with van der Waals surface area (Å²) >= 11 is 0. The lowest BCUT2D eigenvalue weighted by atomic mass is 9.81. The maximum atomic E-state index is 12.1. The van der Waals surface area contributed by atoms with Gasteiger partial charge in [0.15, 0.2) is 0 Å². The van der Waals surface area contributed by atoms with Crippen molar-refractivity contribution in [3.8, 4) is 5.75 Å². The summed E-state index contributed by atoms with van der Waals surface area (Å²) in [5.41, 5.74) is 3.21. The molecule has 0 spiro atoms. The van der Waals surface area contributed by atoms with Crippen LogP contribution < -0.4 is 20.3 Å². The van der Waals surface area contributed by atoms with Crippen molar-refractivity contribution in [2.45, 2.75) is 24.9 Å². The van der Waals surface area contributed by atoms with Gasteiger partial charge in [0.2, 0.25) is 0 Å². The summed E-state index contributed by atoms with van der Waals surface area (Å²) in [5, 5.41) is 6.29. The molecule has 1 amide bonds. The summed E-state index contributed by atoms with van der Waals surface area (Å²) in [7, 11) is 2.11. The number of para-hydroxylation sites is 1. The Balaban J connectivity index is 1.55. The Bertz CT molecular complexity index is 777. The van der Waals surface area contributed by atoms with Gasteiger partial charge in [0.05, 0.1) is 6.17 Å². The van der Waals surface area contributed by atoms with Gasteiger partial charge in [0.1, 0.15) is 5.75 Å². The number of hydrogen-bond acceptors (Lipinski definition) is 4. The molecule has 2 aromatic rings. The van der Waals surface area contributed by atoms with E-state index in [1.807, 2.05) is 48.5 Å². The number of amides is 1. The number of ether oxygens (including phenoxy) is 1. The fourth-order valence-corrected chi connectivity index (χ4v) is 3.93. The molecule has 1 saturated heterocycles. The Morgan fingerprint density at radius 1 is 1.29 bits per heavy atom. The molecular weight excluding hydrogens is 302 g/mol. The Kier molecular flexibility index (Phi) is 3.46. The summed E-state index contributed by atoms with van der Waals surface area (Å²) in [6.07, 6.45) is 0.911. The first kappa shape index (κ1) is 15.0. The van der Waals surface area contributed by atoms with Gasteiger partial charge >= 0.3 is 6.09 Å². The third-order valence-electron chi connectivity index (χ3n) is 5.17. The first-order valence-corrected chi connectivity index (χ1v) is 8.22. The maximum Gasteiger partial charge on any atom is 0.417 e. The molecule has 2 aromatic carbocycles. The third kappa shape index (κ3) is 2.32. The predicted octanol–water partition coefficient (Wildman–Crippen LogP) is 3.32. The third-order valence-corrected chi connectivity index (χ3v) is 5.17. The van der Waals surface area contributed by atoms with Crippen LogP contribution >= 0.6 is 0 Å².